The number of hydrogen-bond acceptors (Lipinski definition) is 3. The molecule has 10 rings (SSSR count). The quantitative estimate of drug-likeness (QED) is 0.116. The van der Waals surface area contributed by atoms with Gasteiger partial charge in [0.25, 0.3) is 6.33 Å². The molecule has 0 aliphatic heterocycles. The molecule has 7 nitrogen and oxygen atoms in total. The van der Waals surface area contributed by atoms with Crippen LogP contribution >= 0.6 is 0 Å². The van der Waals surface area contributed by atoms with Gasteiger partial charge in [0.1, 0.15) is 11.5 Å². The number of ether oxygens (including phenoxy) is 1. The summed E-state index contributed by atoms with van der Waals surface area (Å²) in [6, 6.07) is 64.7. The van der Waals surface area contributed by atoms with Gasteiger partial charge < -0.3 is 4.74 Å². The summed E-state index contributed by atoms with van der Waals surface area (Å²) < 4.78 is 14.1. The predicted octanol–water partition coefficient (Wildman–Crippen LogP) is 10.3. The highest BCUT2D eigenvalue weighted by atomic mass is 16.5. The van der Waals surface area contributed by atoms with Crippen molar-refractivity contribution in [2.24, 2.45) is 0 Å². The van der Waals surface area contributed by atoms with Crippen LogP contribution in [0, 0.1) is 6.33 Å². The average Bonchev–Trinajstić information content (AvgIpc) is 3.79. The molecule has 10 aromatic rings. The Bertz CT molecular complexity index is 3020. The number of imidazole rings is 2. The van der Waals surface area contributed by atoms with Crippen LogP contribution in [0.2, 0.25) is 0 Å². The van der Waals surface area contributed by atoms with Crippen LogP contribution in [0.25, 0.3) is 67.2 Å². The molecular weight excluding hydrogens is 691 g/mol. The Hall–Kier alpha value is -7.77. The molecule has 3 heterocycles. The molecule has 0 bridgehead atoms. The molecule has 0 fully saturated rings. The van der Waals surface area contributed by atoms with Crippen molar-refractivity contribution in [3.05, 3.63) is 217 Å². The summed E-state index contributed by atoms with van der Waals surface area (Å²) in [6.45, 7) is 0. The van der Waals surface area contributed by atoms with Crippen LogP contribution in [0.15, 0.2) is 205 Å². The fourth-order valence-electron chi connectivity index (χ4n) is 7.50. The van der Waals surface area contributed by atoms with Crippen LogP contribution in [-0.4, -0.2) is 18.7 Å². The van der Waals surface area contributed by atoms with E-state index >= 15 is 0 Å². The van der Waals surface area contributed by atoms with E-state index in [9.17, 15) is 4.79 Å². The molecule has 0 N–H and O–H groups in total. The first-order valence-corrected chi connectivity index (χ1v) is 18.4. The van der Waals surface area contributed by atoms with Gasteiger partial charge in [-0.1, -0.05) is 133 Å². The van der Waals surface area contributed by atoms with Gasteiger partial charge >= 0.3 is 5.69 Å². The number of aromatic nitrogens is 5. The Balaban J connectivity index is 1.06. The molecule has 266 valence electrons. The fraction of sp³-hybridized carbons (Fsp3) is 0. The van der Waals surface area contributed by atoms with Crippen molar-refractivity contribution in [1.82, 2.24) is 18.7 Å². The summed E-state index contributed by atoms with van der Waals surface area (Å²) in [5, 5.41) is 0. The SMILES string of the molecule is O=c1n(-c2ccccc2)c2cccnc2n1-c1cccc(Oc2cccc(-n3[c-][n+](-c4c(-c5ccccc5)cccc4-c4ccccc4)c4ccccc43)c2)c1. The van der Waals surface area contributed by atoms with Crippen molar-refractivity contribution in [2.75, 3.05) is 0 Å². The van der Waals surface area contributed by atoms with Crippen LogP contribution in [0.4, 0.5) is 0 Å². The van der Waals surface area contributed by atoms with Gasteiger partial charge in [0.05, 0.1) is 39.3 Å². The monoisotopic (exact) mass is 723 g/mol. The zero-order valence-corrected chi connectivity index (χ0v) is 30.1. The molecule has 3 aromatic heterocycles. The number of hydrogen-bond donors (Lipinski definition) is 0. The lowest BCUT2D eigenvalue weighted by atomic mass is 9.95. The third-order valence-corrected chi connectivity index (χ3v) is 10.00. The molecule has 0 aliphatic carbocycles. The van der Waals surface area contributed by atoms with Gasteiger partial charge in [0.2, 0.25) is 0 Å². The molecule has 0 aliphatic rings. The van der Waals surface area contributed by atoms with Crippen molar-refractivity contribution < 1.29 is 9.30 Å². The summed E-state index contributed by atoms with van der Waals surface area (Å²) in [4.78, 5) is 18.6. The topological polar surface area (TPSA) is 57.9 Å². The molecule has 0 unspecified atom stereocenters. The van der Waals surface area contributed by atoms with E-state index in [0.717, 1.165) is 55.9 Å². The summed E-state index contributed by atoms with van der Waals surface area (Å²) >= 11 is 0. The number of fused-ring (bicyclic) bond motifs is 2. The highest BCUT2D eigenvalue weighted by molar-refractivity contribution is 5.84. The van der Waals surface area contributed by atoms with Gasteiger partial charge in [-0.15, -0.1) is 0 Å². The molecule has 0 amide bonds. The number of pyridine rings is 1. The van der Waals surface area contributed by atoms with Crippen LogP contribution in [-0.2, 0) is 0 Å². The van der Waals surface area contributed by atoms with Crippen LogP contribution in [0.1, 0.15) is 0 Å². The summed E-state index contributed by atoms with van der Waals surface area (Å²) in [5.74, 6) is 1.23. The largest absolute Gasteiger partial charge is 0.458 e. The van der Waals surface area contributed by atoms with Gasteiger partial charge in [-0.25, -0.2) is 14.3 Å². The van der Waals surface area contributed by atoms with Crippen molar-refractivity contribution in [3.63, 3.8) is 0 Å². The lowest BCUT2D eigenvalue weighted by Gasteiger charge is -2.17. The van der Waals surface area contributed by atoms with Gasteiger partial charge in [0.15, 0.2) is 5.65 Å². The summed E-state index contributed by atoms with van der Waals surface area (Å²) in [7, 11) is 0. The Morgan fingerprint density at radius 1 is 0.500 bits per heavy atom. The second kappa shape index (κ2) is 13.9. The van der Waals surface area contributed by atoms with E-state index < -0.39 is 0 Å². The van der Waals surface area contributed by atoms with Crippen LogP contribution in [0.3, 0.4) is 0 Å². The van der Waals surface area contributed by atoms with Gasteiger partial charge in [-0.2, -0.15) is 0 Å². The Morgan fingerprint density at radius 3 is 1.75 bits per heavy atom. The zero-order valence-electron chi connectivity index (χ0n) is 30.1. The minimum Gasteiger partial charge on any atom is -0.458 e. The molecule has 0 spiro atoms. The van der Waals surface area contributed by atoms with Crippen LogP contribution < -0.4 is 15.0 Å². The number of nitrogens with zero attached hydrogens (tertiary/aromatic N) is 5. The van der Waals surface area contributed by atoms with Crippen molar-refractivity contribution in [1.29, 1.82) is 0 Å². The summed E-state index contributed by atoms with van der Waals surface area (Å²) in [5.41, 5.74) is 10.9. The third kappa shape index (κ3) is 5.75. The molecule has 56 heavy (non-hydrogen) atoms. The molecule has 7 aromatic carbocycles. The highest BCUT2D eigenvalue weighted by Crippen LogP contribution is 2.35. The van der Waals surface area contributed by atoms with Gasteiger partial charge in [0, 0.05) is 12.3 Å². The first-order valence-electron chi connectivity index (χ1n) is 18.4. The molecule has 0 radical (unpaired) electrons. The van der Waals surface area contributed by atoms with E-state index in [4.69, 9.17) is 4.74 Å². The lowest BCUT2D eigenvalue weighted by Crippen LogP contribution is -2.31. The first-order chi connectivity index (χ1) is 27.7. The minimum absolute atomic E-state index is 0.211. The highest BCUT2D eigenvalue weighted by Gasteiger charge is 2.20. The molecule has 0 atom stereocenters. The maximum Gasteiger partial charge on any atom is 0.339 e. The average molecular weight is 724 g/mol. The van der Waals surface area contributed by atoms with Gasteiger partial charge in [-0.3, -0.25) is 13.7 Å². The lowest BCUT2D eigenvalue weighted by molar-refractivity contribution is -0.571. The molecule has 7 heteroatoms. The normalized spacial score (nSPS) is 11.3. The van der Waals surface area contributed by atoms with Crippen molar-refractivity contribution in [3.8, 4) is 56.5 Å². The predicted molar refractivity (Wildman–Crippen MR) is 221 cm³/mol. The smallest absolute Gasteiger partial charge is 0.339 e. The van der Waals surface area contributed by atoms with E-state index in [-0.39, 0.29) is 5.69 Å². The van der Waals surface area contributed by atoms with E-state index in [1.807, 2.05) is 97.1 Å². The Labute approximate surface area is 322 Å². The van der Waals surface area contributed by atoms with E-state index in [0.29, 0.717) is 22.8 Å². The van der Waals surface area contributed by atoms with E-state index in [1.54, 1.807) is 15.3 Å². The number of para-hydroxylation sites is 4. The number of rotatable bonds is 8. The first kappa shape index (κ1) is 32.8. The van der Waals surface area contributed by atoms with Crippen molar-refractivity contribution in [2.45, 2.75) is 0 Å². The molecule has 0 saturated carbocycles. The van der Waals surface area contributed by atoms with E-state index in [2.05, 4.69) is 118 Å². The maximum absolute atomic E-state index is 14.0. The minimum atomic E-state index is -0.211. The van der Waals surface area contributed by atoms with Gasteiger partial charge in [-0.05, 0) is 76.9 Å². The second-order valence-electron chi connectivity index (χ2n) is 13.4. The Morgan fingerprint density at radius 2 is 1.05 bits per heavy atom. The second-order valence-corrected chi connectivity index (χ2v) is 13.4. The maximum atomic E-state index is 14.0. The van der Waals surface area contributed by atoms with E-state index in [1.165, 1.54) is 0 Å². The standard InChI is InChI=1S/C49H33N5O2/c55-49-53(37-20-8-3-9-21-37)46-30-15-31-50-48(46)54(49)39-23-13-25-41(33-39)56-40-24-12-22-38(32-40)51-34-52(45-29-11-10-28-44(45)51)47-42(35-16-4-1-5-17-35)26-14-27-43(47)36-18-6-2-7-19-36/h1-33H. The molecular formula is C49H33N5O2. The van der Waals surface area contributed by atoms with Crippen LogP contribution in [0.5, 0.6) is 11.5 Å². The fourth-order valence-corrected chi connectivity index (χ4v) is 7.50. The zero-order chi connectivity index (χ0) is 37.4. The third-order valence-electron chi connectivity index (χ3n) is 10.00. The summed E-state index contributed by atoms with van der Waals surface area (Å²) in [6.07, 6.45) is 5.44. The Kier molecular flexibility index (Phi) is 8.15. The number of benzene rings is 7. The van der Waals surface area contributed by atoms with Crippen molar-refractivity contribution >= 4 is 22.2 Å². The molecule has 0 saturated heterocycles.